The van der Waals surface area contributed by atoms with E-state index in [1.807, 2.05) is 12.1 Å². The maximum atomic E-state index is 11.1. The van der Waals surface area contributed by atoms with Crippen LogP contribution in [0.1, 0.15) is 5.56 Å². The maximum Gasteiger partial charge on any atom is 0.229 e. The van der Waals surface area contributed by atoms with Crippen LogP contribution in [-0.2, 0) is 21.3 Å². The Morgan fingerprint density at radius 1 is 1.40 bits per heavy atom. The van der Waals surface area contributed by atoms with E-state index in [0.717, 1.165) is 11.8 Å². The Bertz CT molecular complexity index is 417. The van der Waals surface area contributed by atoms with Gasteiger partial charge in [-0.1, -0.05) is 18.2 Å². The summed E-state index contributed by atoms with van der Waals surface area (Å²) in [5.41, 5.74) is 1.42. The topological polar surface area (TPSA) is 81.4 Å². The van der Waals surface area contributed by atoms with Crippen LogP contribution in [0.25, 0.3) is 0 Å². The molecular weight excluding hydrogens is 216 g/mol. The zero-order valence-corrected chi connectivity index (χ0v) is 9.25. The van der Waals surface area contributed by atoms with Gasteiger partial charge in [0.2, 0.25) is 10.0 Å². The summed E-state index contributed by atoms with van der Waals surface area (Å²) in [4.78, 5) is 4.45. The van der Waals surface area contributed by atoms with Gasteiger partial charge in [0.25, 0.3) is 0 Å². The van der Waals surface area contributed by atoms with Crippen molar-refractivity contribution in [3.05, 3.63) is 29.8 Å². The minimum Gasteiger partial charge on any atom is -0.304 e. The van der Waals surface area contributed by atoms with E-state index in [1.165, 1.54) is 0 Å². The van der Waals surface area contributed by atoms with Gasteiger partial charge in [-0.2, -0.15) is 0 Å². The Kier molecular flexibility index (Phi) is 4.07. The number of anilines is 1. The number of hydrogen-bond donors (Lipinski definition) is 2. The van der Waals surface area contributed by atoms with Gasteiger partial charge in [-0.05, 0) is 18.1 Å². The summed E-state index contributed by atoms with van der Waals surface area (Å²) in [7, 11) is -3.25. The molecule has 1 aromatic rings. The molecule has 0 unspecified atom stereocenters. The van der Waals surface area contributed by atoms with Crippen molar-refractivity contribution in [1.82, 2.24) is 0 Å². The van der Waals surface area contributed by atoms with Gasteiger partial charge >= 0.3 is 0 Å². The average molecular weight is 230 g/mol. The van der Waals surface area contributed by atoms with Crippen LogP contribution in [0.5, 0.6) is 0 Å². The molecule has 0 spiro atoms. The van der Waals surface area contributed by atoms with Crippen molar-refractivity contribution < 1.29 is 13.3 Å². The molecule has 0 aliphatic rings. The molecule has 1 aromatic carbocycles. The Morgan fingerprint density at radius 2 is 2.07 bits per heavy atom. The lowest BCUT2D eigenvalue weighted by Gasteiger charge is -2.09. The second-order valence-electron chi connectivity index (χ2n) is 3.15. The molecular formula is C9H14N2O3S. The summed E-state index contributed by atoms with van der Waals surface area (Å²) in [6.07, 6.45) is 1.68. The smallest absolute Gasteiger partial charge is 0.229 e. The molecule has 0 amide bonds. The minimum absolute atomic E-state index is 0.350. The number of hydrogen-bond acceptors (Lipinski definition) is 4. The van der Waals surface area contributed by atoms with Gasteiger partial charge in [0.05, 0.1) is 18.6 Å². The first kappa shape index (κ1) is 12.0. The van der Waals surface area contributed by atoms with Gasteiger partial charge in [0.1, 0.15) is 0 Å². The van der Waals surface area contributed by atoms with Crippen molar-refractivity contribution in [2.75, 3.05) is 17.6 Å². The molecule has 3 N–H and O–H groups in total. The fourth-order valence-corrected chi connectivity index (χ4v) is 1.81. The molecule has 0 bridgehead atoms. The Hall–Kier alpha value is -1.11. The Labute approximate surface area is 89.2 Å². The minimum atomic E-state index is -3.25. The Morgan fingerprint density at radius 3 is 2.67 bits per heavy atom. The highest BCUT2D eigenvalue weighted by Crippen LogP contribution is 2.16. The molecule has 0 aromatic heterocycles. The lowest BCUT2D eigenvalue weighted by atomic mass is 10.1. The number of nitrogens with one attached hydrogen (secondary N) is 1. The normalized spacial score (nSPS) is 11.3. The van der Waals surface area contributed by atoms with Crippen molar-refractivity contribution in [2.45, 2.75) is 6.42 Å². The summed E-state index contributed by atoms with van der Waals surface area (Å²) in [6, 6.07) is 7.12. The van der Waals surface area contributed by atoms with Crippen molar-refractivity contribution in [2.24, 2.45) is 5.90 Å². The molecule has 84 valence electrons. The quantitative estimate of drug-likeness (QED) is 0.721. The third kappa shape index (κ3) is 4.28. The van der Waals surface area contributed by atoms with Crippen LogP contribution >= 0.6 is 0 Å². The fraction of sp³-hybridized carbons (Fsp3) is 0.333. The monoisotopic (exact) mass is 230 g/mol. The van der Waals surface area contributed by atoms with E-state index < -0.39 is 10.0 Å². The van der Waals surface area contributed by atoms with Gasteiger partial charge < -0.3 is 4.84 Å². The van der Waals surface area contributed by atoms with Gasteiger partial charge in [-0.25, -0.2) is 14.3 Å². The number of benzene rings is 1. The predicted octanol–water partition coefficient (Wildman–Crippen LogP) is 0.491. The van der Waals surface area contributed by atoms with Crippen LogP contribution in [0, 0.1) is 0 Å². The van der Waals surface area contributed by atoms with Gasteiger partial charge in [-0.3, -0.25) is 4.72 Å². The van der Waals surface area contributed by atoms with Crippen molar-refractivity contribution >= 4 is 15.7 Å². The standard InChI is InChI=1S/C9H14N2O3S/c1-15(12,13)11-9-5-3-2-4-8(9)6-7-14-10/h2-5,11H,6-7,10H2,1H3. The highest BCUT2D eigenvalue weighted by atomic mass is 32.2. The first-order chi connectivity index (χ1) is 7.03. The highest BCUT2D eigenvalue weighted by molar-refractivity contribution is 7.92. The SMILES string of the molecule is CS(=O)(=O)Nc1ccccc1CCON. The lowest BCUT2D eigenvalue weighted by Crippen LogP contribution is -2.12. The number of sulfonamides is 1. The second kappa shape index (κ2) is 5.11. The first-order valence-electron chi connectivity index (χ1n) is 4.40. The summed E-state index contributed by atoms with van der Waals surface area (Å²) in [5, 5.41) is 0. The molecule has 0 fully saturated rings. The van der Waals surface area contributed by atoms with E-state index in [2.05, 4.69) is 9.56 Å². The van der Waals surface area contributed by atoms with Crippen LogP contribution in [0.2, 0.25) is 0 Å². The third-order valence-corrected chi connectivity index (χ3v) is 2.39. The molecule has 1 rings (SSSR count). The summed E-state index contributed by atoms with van der Waals surface area (Å²) in [5.74, 6) is 4.92. The fourth-order valence-electron chi connectivity index (χ4n) is 1.21. The van der Waals surface area contributed by atoms with E-state index in [4.69, 9.17) is 5.90 Å². The lowest BCUT2D eigenvalue weighted by molar-refractivity contribution is 0.141. The molecule has 15 heavy (non-hydrogen) atoms. The summed E-state index contributed by atoms with van der Waals surface area (Å²) < 4.78 is 24.6. The van der Waals surface area contributed by atoms with Crippen molar-refractivity contribution in [3.8, 4) is 0 Å². The molecule has 6 heteroatoms. The molecule has 0 aliphatic carbocycles. The van der Waals surface area contributed by atoms with Crippen LogP contribution in [0.4, 0.5) is 5.69 Å². The summed E-state index contributed by atoms with van der Waals surface area (Å²) >= 11 is 0. The van der Waals surface area contributed by atoms with Gasteiger partial charge in [0, 0.05) is 0 Å². The summed E-state index contributed by atoms with van der Waals surface area (Å²) in [6.45, 7) is 0.350. The van der Waals surface area contributed by atoms with E-state index in [1.54, 1.807) is 12.1 Å². The average Bonchev–Trinajstić information content (AvgIpc) is 2.14. The van der Waals surface area contributed by atoms with Crippen molar-refractivity contribution in [3.63, 3.8) is 0 Å². The van der Waals surface area contributed by atoms with Crippen LogP contribution < -0.4 is 10.6 Å². The van der Waals surface area contributed by atoms with Crippen LogP contribution in [-0.4, -0.2) is 21.3 Å². The zero-order chi connectivity index (χ0) is 11.3. The predicted molar refractivity (Wildman–Crippen MR) is 58.8 cm³/mol. The van der Waals surface area contributed by atoms with Gasteiger partial charge in [0.15, 0.2) is 0 Å². The van der Waals surface area contributed by atoms with E-state index in [9.17, 15) is 8.42 Å². The molecule has 0 atom stereocenters. The molecule has 0 saturated heterocycles. The molecule has 0 saturated carbocycles. The van der Waals surface area contributed by atoms with E-state index in [-0.39, 0.29) is 0 Å². The second-order valence-corrected chi connectivity index (χ2v) is 4.90. The highest BCUT2D eigenvalue weighted by Gasteiger charge is 2.06. The van der Waals surface area contributed by atoms with Crippen LogP contribution in [0.15, 0.2) is 24.3 Å². The van der Waals surface area contributed by atoms with E-state index >= 15 is 0 Å². The largest absolute Gasteiger partial charge is 0.304 e. The number of nitrogens with two attached hydrogens (primary N) is 1. The molecule has 5 nitrogen and oxygen atoms in total. The van der Waals surface area contributed by atoms with E-state index in [0.29, 0.717) is 18.7 Å². The Balaban J connectivity index is 2.86. The molecule has 0 aliphatic heterocycles. The first-order valence-corrected chi connectivity index (χ1v) is 6.29. The molecule has 0 heterocycles. The maximum absolute atomic E-state index is 11.1. The van der Waals surface area contributed by atoms with Crippen molar-refractivity contribution in [1.29, 1.82) is 0 Å². The molecule has 0 radical (unpaired) electrons. The van der Waals surface area contributed by atoms with Gasteiger partial charge in [-0.15, -0.1) is 0 Å². The number of para-hydroxylation sites is 1. The number of rotatable bonds is 5. The zero-order valence-electron chi connectivity index (χ0n) is 8.43. The van der Waals surface area contributed by atoms with Crippen LogP contribution in [0.3, 0.4) is 0 Å². The third-order valence-electron chi connectivity index (χ3n) is 1.80.